The Morgan fingerprint density at radius 1 is 1.27 bits per heavy atom. The van der Waals surface area contributed by atoms with Gasteiger partial charge in [-0.15, -0.1) is 0 Å². The molecule has 2 aliphatic heterocycles. The number of ether oxygens (including phenoxy) is 1. The van der Waals surface area contributed by atoms with E-state index < -0.39 is 5.91 Å². The van der Waals surface area contributed by atoms with Crippen molar-refractivity contribution in [2.45, 2.75) is 31.7 Å². The highest BCUT2D eigenvalue weighted by atomic mass is 16.5. The van der Waals surface area contributed by atoms with E-state index in [0.29, 0.717) is 18.9 Å². The minimum absolute atomic E-state index is 0.188. The molecule has 0 spiro atoms. The maximum absolute atomic E-state index is 11.9. The van der Waals surface area contributed by atoms with Crippen molar-refractivity contribution in [1.82, 2.24) is 14.7 Å². The monoisotopic (exact) mass is 306 g/mol. The lowest BCUT2D eigenvalue weighted by Crippen LogP contribution is -2.36. The molecule has 0 aromatic carbocycles. The molecule has 3 heterocycles. The number of aromatic nitrogens is 2. The van der Waals surface area contributed by atoms with Crippen LogP contribution in [0.4, 0.5) is 5.69 Å². The zero-order valence-electron chi connectivity index (χ0n) is 12.2. The van der Waals surface area contributed by atoms with Crippen molar-refractivity contribution in [3.8, 4) is 0 Å². The maximum Gasteiger partial charge on any atom is 0.244 e. The molecule has 0 aliphatic carbocycles. The van der Waals surface area contributed by atoms with Gasteiger partial charge in [0, 0.05) is 32.3 Å². The SMILES string of the molecule is O=C(CN1C(=O)CCC1=O)Nc1cnn(C2CCOCC2)c1. The molecule has 3 rings (SSSR count). The molecule has 1 N–H and O–H groups in total. The molecule has 2 saturated heterocycles. The number of likely N-dealkylation sites (tertiary alicyclic amines) is 1. The Morgan fingerprint density at radius 3 is 2.64 bits per heavy atom. The second-order valence-electron chi connectivity index (χ2n) is 5.47. The summed E-state index contributed by atoms with van der Waals surface area (Å²) >= 11 is 0. The van der Waals surface area contributed by atoms with E-state index in [0.717, 1.165) is 17.7 Å². The predicted octanol–water partition coefficient (Wildman–Crippen LogP) is 0.322. The average molecular weight is 306 g/mol. The molecule has 1 aromatic rings. The Balaban J connectivity index is 1.56. The van der Waals surface area contributed by atoms with Crippen molar-refractivity contribution in [2.24, 2.45) is 0 Å². The maximum atomic E-state index is 11.9. The van der Waals surface area contributed by atoms with Crippen LogP contribution in [0.15, 0.2) is 12.4 Å². The van der Waals surface area contributed by atoms with Crippen LogP contribution in [0.1, 0.15) is 31.7 Å². The number of nitrogens with zero attached hydrogens (tertiary/aromatic N) is 3. The van der Waals surface area contributed by atoms with Crippen LogP contribution in [0.3, 0.4) is 0 Å². The third kappa shape index (κ3) is 3.16. The Morgan fingerprint density at radius 2 is 1.95 bits per heavy atom. The van der Waals surface area contributed by atoms with Crippen molar-refractivity contribution in [3.63, 3.8) is 0 Å². The fourth-order valence-electron chi connectivity index (χ4n) is 2.70. The van der Waals surface area contributed by atoms with E-state index in [1.165, 1.54) is 0 Å². The highest BCUT2D eigenvalue weighted by Crippen LogP contribution is 2.21. The fourth-order valence-corrected chi connectivity index (χ4v) is 2.70. The summed E-state index contributed by atoms with van der Waals surface area (Å²) in [6.45, 7) is 1.19. The summed E-state index contributed by atoms with van der Waals surface area (Å²) in [7, 11) is 0. The Labute approximate surface area is 127 Å². The molecule has 2 aliphatic rings. The lowest BCUT2D eigenvalue weighted by molar-refractivity contribution is -0.141. The number of hydrogen-bond donors (Lipinski definition) is 1. The summed E-state index contributed by atoms with van der Waals surface area (Å²) in [5, 5.41) is 6.92. The van der Waals surface area contributed by atoms with Crippen LogP contribution in [0, 0.1) is 0 Å². The molecular weight excluding hydrogens is 288 g/mol. The van der Waals surface area contributed by atoms with Gasteiger partial charge in [0.15, 0.2) is 0 Å². The van der Waals surface area contributed by atoms with Crippen molar-refractivity contribution in [1.29, 1.82) is 0 Å². The van der Waals surface area contributed by atoms with Crippen molar-refractivity contribution in [3.05, 3.63) is 12.4 Å². The van der Waals surface area contributed by atoms with Crippen LogP contribution >= 0.6 is 0 Å². The quantitative estimate of drug-likeness (QED) is 0.809. The fraction of sp³-hybridized carbons (Fsp3) is 0.571. The highest BCUT2D eigenvalue weighted by molar-refractivity contribution is 6.06. The van der Waals surface area contributed by atoms with Crippen LogP contribution in [-0.2, 0) is 19.1 Å². The number of rotatable bonds is 4. The van der Waals surface area contributed by atoms with E-state index in [2.05, 4.69) is 10.4 Å². The molecule has 2 fully saturated rings. The molecule has 22 heavy (non-hydrogen) atoms. The third-order valence-corrected chi connectivity index (χ3v) is 3.91. The third-order valence-electron chi connectivity index (χ3n) is 3.91. The van der Waals surface area contributed by atoms with Gasteiger partial charge in [0.1, 0.15) is 6.54 Å². The molecule has 0 bridgehead atoms. The number of nitrogens with one attached hydrogen (secondary N) is 1. The van der Waals surface area contributed by atoms with Gasteiger partial charge in [-0.2, -0.15) is 5.10 Å². The van der Waals surface area contributed by atoms with Crippen LogP contribution in [0.2, 0.25) is 0 Å². The van der Waals surface area contributed by atoms with Crippen LogP contribution in [0.25, 0.3) is 0 Å². The number of amides is 3. The molecule has 0 atom stereocenters. The Kier molecular flexibility index (Phi) is 4.19. The first kappa shape index (κ1) is 14.7. The second-order valence-corrected chi connectivity index (χ2v) is 5.47. The molecule has 0 saturated carbocycles. The molecular formula is C14H18N4O4. The lowest BCUT2D eigenvalue weighted by atomic mass is 10.1. The average Bonchev–Trinajstić information content (AvgIpc) is 3.10. The topological polar surface area (TPSA) is 93.5 Å². The number of imide groups is 1. The Hall–Kier alpha value is -2.22. The minimum Gasteiger partial charge on any atom is -0.381 e. The zero-order valence-corrected chi connectivity index (χ0v) is 12.2. The molecule has 8 heteroatoms. The van der Waals surface area contributed by atoms with Gasteiger partial charge in [-0.1, -0.05) is 0 Å². The molecule has 8 nitrogen and oxygen atoms in total. The van der Waals surface area contributed by atoms with E-state index in [1.807, 2.05) is 4.68 Å². The van der Waals surface area contributed by atoms with E-state index in [4.69, 9.17) is 4.74 Å². The number of carbonyl (C=O) groups excluding carboxylic acids is 3. The minimum atomic E-state index is -0.393. The summed E-state index contributed by atoms with van der Waals surface area (Å²) in [4.78, 5) is 35.9. The molecule has 3 amide bonds. The Bertz CT molecular complexity index is 575. The van der Waals surface area contributed by atoms with Crippen LogP contribution < -0.4 is 5.32 Å². The van der Waals surface area contributed by atoms with E-state index in [1.54, 1.807) is 12.4 Å². The number of anilines is 1. The van der Waals surface area contributed by atoms with Gasteiger partial charge < -0.3 is 10.1 Å². The first-order valence-electron chi connectivity index (χ1n) is 7.38. The summed E-state index contributed by atoms with van der Waals surface area (Å²) in [5.41, 5.74) is 0.565. The number of hydrogen-bond acceptors (Lipinski definition) is 5. The predicted molar refractivity (Wildman–Crippen MR) is 75.9 cm³/mol. The van der Waals surface area contributed by atoms with Gasteiger partial charge in [-0.25, -0.2) is 0 Å². The first-order chi connectivity index (χ1) is 10.6. The lowest BCUT2D eigenvalue weighted by Gasteiger charge is -2.22. The van der Waals surface area contributed by atoms with Crippen molar-refractivity contribution < 1.29 is 19.1 Å². The molecule has 1 aromatic heterocycles. The van der Waals surface area contributed by atoms with Gasteiger partial charge in [0.2, 0.25) is 17.7 Å². The molecule has 0 unspecified atom stereocenters. The van der Waals surface area contributed by atoms with Crippen molar-refractivity contribution >= 4 is 23.4 Å². The summed E-state index contributed by atoms with van der Waals surface area (Å²) in [5.74, 6) is -0.980. The first-order valence-corrected chi connectivity index (χ1v) is 7.38. The smallest absolute Gasteiger partial charge is 0.244 e. The zero-order chi connectivity index (χ0) is 15.5. The van der Waals surface area contributed by atoms with E-state index >= 15 is 0 Å². The van der Waals surface area contributed by atoms with Gasteiger partial charge in [-0.3, -0.25) is 24.0 Å². The van der Waals surface area contributed by atoms with E-state index in [-0.39, 0.29) is 37.2 Å². The summed E-state index contributed by atoms with van der Waals surface area (Å²) in [6, 6.07) is 0.279. The van der Waals surface area contributed by atoms with Gasteiger partial charge in [-0.05, 0) is 12.8 Å². The van der Waals surface area contributed by atoms with Crippen LogP contribution in [-0.4, -0.2) is 52.2 Å². The van der Waals surface area contributed by atoms with Gasteiger partial charge in [0.25, 0.3) is 0 Å². The molecule has 0 radical (unpaired) electrons. The summed E-state index contributed by atoms with van der Waals surface area (Å²) in [6.07, 6.45) is 5.50. The molecule has 118 valence electrons. The summed E-state index contributed by atoms with van der Waals surface area (Å²) < 4.78 is 7.13. The van der Waals surface area contributed by atoms with Crippen LogP contribution in [0.5, 0.6) is 0 Å². The normalized spacial score (nSPS) is 19.7. The van der Waals surface area contributed by atoms with Crippen molar-refractivity contribution in [2.75, 3.05) is 25.1 Å². The van der Waals surface area contributed by atoms with E-state index in [9.17, 15) is 14.4 Å². The number of carbonyl (C=O) groups is 3. The van der Waals surface area contributed by atoms with Gasteiger partial charge >= 0.3 is 0 Å². The largest absolute Gasteiger partial charge is 0.381 e. The van der Waals surface area contributed by atoms with Gasteiger partial charge in [0.05, 0.1) is 17.9 Å². The second kappa shape index (κ2) is 6.27. The standard InChI is InChI=1S/C14H18N4O4/c19-12(9-17-13(20)1-2-14(17)21)16-10-7-15-18(8-10)11-3-5-22-6-4-11/h7-8,11H,1-6,9H2,(H,16,19). The highest BCUT2D eigenvalue weighted by Gasteiger charge is 2.30.